The molecule has 0 bridgehead atoms. The lowest BCUT2D eigenvalue weighted by atomic mass is 10.1. The molecule has 0 aliphatic carbocycles. The maximum Gasteiger partial charge on any atom is 0.259 e. The normalized spacial score (nSPS) is 10.1. The van der Waals surface area contributed by atoms with E-state index in [-0.39, 0.29) is 5.91 Å². The predicted octanol–water partition coefficient (Wildman–Crippen LogP) is 4.37. The summed E-state index contributed by atoms with van der Waals surface area (Å²) in [7, 11) is 3.06. The van der Waals surface area contributed by atoms with Crippen LogP contribution in [0.25, 0.3) is 0 Å². The zero-order valence-corrected chi connectivity index (χ0v) is 13.8. The Balaban J connectivity index is 2.25. The molecule has 0 fully saturated rings. The molecule has 2 rings (SSSR count). The van der Waals surface area contributed by atoms with Gasteiger partial charge in [-0.1, -0.05) is 11.6 Å². The molecule has 0 saturated carbocycles. The van der Waals surface area contributed by atoms with E-state index in [0.29, 0.717) is 27.8 Å². The van der Waals surface area contributed by atoms with Crippen molar-refractivity contribution in [2.45, 2.75) is 0 Å². The van der Waals surface area contributed by atoms with E-state index in [1.807, 2.05) is 0 Å². The standard InChI is InChI=1S/C15H13BrClNO3/c1-20-10-4-5-11(14(8-10)21-2)15(19)18-9-3-6-12(16)13(17)7-9/h3-8H,1-2H3,(H,18,19). The summed E-state index contributed by atoms with van der Waals surface area (Å²) in [6.45, 7) is 0. The van der Waals surface area contributed by atoms with Gasteiger partial charge in [0.2, 0.25) is 0 Å². The van der Waals surface area contributed by atoms with Crippen LogP contribution in [0.2, 0.25) is 5.02 Å². The van der Waals surface area contributed by atoms with Crippen molar-refractivity contribution in [2.75, 3.05) is 19.5 Å². The van der Waals surface area contributed by atoms with Gasteiger partial charge in [0, 0.05) is 16.2 Å². The van der Waals surface area contributed by atoms with Crippen LogP contribution in [0.1, 0.15) is 10.4 Å². The summed E-state index contributed by atoms with van der Waals surface area (Å²) in [4.78, 5) is 12.3. The van der Waals surface area contributed by atoms with E-state index in [2.05, 4.69) is 21.2 Å². The van der Waals surface area contributed by atoms with Crippen LogP contribution in [0.5, 0.6) is 11.5 Å². The maximum absolute atomic E-state index is 12.3. The van der Waals surface area contributed by atoms with Crippen molar-refractivity contribution in [1.82, 2.24) is 0 Å². The van der Waals surface area contributed by atoms with Crippen molar-refractivity contribution in [2.24, 2.45) is 0 Å². The number of carbonyl (C=O) groups is 1. The van der Waals surface area contributed by atoms with Crippen molar-refractivity contribution in [1.29, 1.82) is 0 Å². The van der Waals surface area contributed by atoms with Gasteiger partial charge in [-0.3, -0.25) is 4.79 Å². The van der Waals surface area contributed by atoms with Gasteiger partial charge in [0.25, 0.3) is 5.91 Å². The molecule has 110 valence electrons. The second kappa shape index (κ2) is 6.83. The van der Waals surface area contributed by atoms with Gasteiger partial charge >= 0.3 is 0 Å². The Morgan fingerprint density at radius 2 is 1.90 bits per heavy atom. The minimum atomic E-state index is -0.284. The van der Waals surface area contributed by atoms with Gasteiger partial charge in [-0.25, -0.2) is 0 Å². The molecule has 0 atom stereocenters. The van der Waals surface area contributed by atoms with E-state index in [4.69, 9.17) is 21.1 Å². The molecule has 0 aliphatic rings. The lowest BCUT2D eigenvalue weighted by molar-refractivity contribution is 0.102. The average Bonchev–Trinajstić information content (AvgIpc) is 2.50. The van der Waals surface area contributed by atoms with E-state index in [1.165, 1.54) is 7.11 Å². The SMILES string of the molecule is COc1ccc(C(=O)Nc2ccc(Br)c(Cl)c2)c(OC)c1. The van der Waals surface area contributed by atoms with Crippen LogP contribution >= 0.6 is 27.5 Å². The first kappa shape index (κ1) is 15.7. The number of hydrogen-bond donors (Lipinski definition) is 1. The number of hydrogen-bond acceptors (Lipinski definition) is 3. The van der Waals surface area contributed by atoms with E-state index in [0.717, 1.165) is 4.47 Å². The van der Waals surface area contributed by atoms with Gasteiger partial charge in [0.05, 0.1) is 24.8 Å². The summed E-state index contributed by atoms with van der Waals surface area (Å²) >= 11 is 9.30. The molecule has 0 saturated heterocycles. The molecule has 0 spiro atoms. The van der Waals surface area contributed by atoms with Crippen LogP contribution in [0.4, 0.5) is 5.69 Å². The Morgan fingerprint density at radius 1 is 1.14 bits per heavy atom. The first-order valence-electron chi connectivity index (χ1n) is 6.03. The van der Waals surface area contributed by atoms with Gasteiger partial charge in [-0.2, -0.15) is 0 Å². The van der Waals surface area contributed by atoms with E-state index in [1.54, 1.807) is 43.5 Å². The highest BCUT2D eigenvalue weighted by atomic mass is 79.9. The Bertz CT molecular complexity index is 676. The topological polar surface area (TPSA) is 47.6 Å². The predicted molar refractivity (Wildman–Crippen MR) is 86.7 cm³/mol. The molecular formula is C15H13BrClNO3. The monoisotopic (exact) mass is 369 g/mol. The molecule has 0 unspecified atom stereocenters. The number of carbonyl (C=O) groups excluding carboxylic acids is 1. The minimum Gasteiger partial charge on any atom is -0.497 e. The van der Waals surface area contributed by atoms with Crippen LogP contribution in [0.3, 0.4) is 0 Å². The Hall–Kier alpha value is -1.72. The molecule has 1 amide bonds. The zero-order chi connectivity index (χ0) is 15.4. The highest BCUT2D eigenvalue weighted by Crippen LogP contribution is 2.28. The molecular weight excluding hydrogens is 358 g/mol. The molecule has 4 nitrogen and oxygen atoms in total. The third kappa shape index (κ3) is 3.68. The third-order valence-corrected chi connectivity index (χ3v) is 4.06. The summed E-state index contributed by atoms with van der Waals surface area (Å²) in [6.07, 6.45) is 0. The largest absolute Gasteiger partial charge is 0.497 e. The van der Waals surface area contributed by atoms with Gasteiger partial charge in [0.15, 0.2) is 0 Å². The number of methoxy groups -OCH3 is 2. The van der Waals surface area contributed by atoms with E-state index >= 15 is 0 Å². The van der Waals surface area contributed by atoms with Gasteiger partial charge < -0.3 is 14.8 Å². The molecule has 0 radical (unpaired) electrons. The fourth-order valence-corrected chi connectivity index (χ4v) is 2.19. The Kier molecular flexibility index (Phi) is 5.09. The molecule has 0 heterocycles. The lowest BCUT2D eigenvalue weighted by Crippen LogP contribution is -2.13. The molecule has 2 aromatic carbocycles. The van der Waals surface area contributed by atoms with Gasteiger partial charge in [-0.05, 0) is 46.3 Å². The first-order chi connectivity index (χ1) is 10.0. The maximum atomic E-state index is 12.3. The smallest absolute Gasteiger partial charge is 0.259 e. The third-order valence-electron chi connectivity index (χ3n) is 2.83. The minimum absolute atomic E-state index is 0.284. The quantitative estimate of drug-likeness (QED) is 0.869. The summed E-state index contributed by atoms with van der Waals surface area (Å²) in [5.41, 5.74) is 1.02. The van der Waals surface area contributed by atoms with E-state index < -0.39 is 0 Å². The highest BCUT2D eigenvalue weighted by molar-refractivity contribution is 9.10. The molecule has 0 aromatic heterocycles. The van der Waals surface area contributed by atoms with Crippen LogP contribution in [0, 0.1) is 0 Å². The number of rotatable bonds is 4. The van der Waals surface area contributed by atoms with Crippen LogP contribution in [0.15, 0.2) is 40.9 Å². The zero-order valence-electron chi connectivity index (χ0n) is 11.4. The molecule has 1 N–H and O–H groups in total. The highest BCUT2D eigenvalue weighted by Gasteiger charge is 2.14. The van der Waals surface area contributed by atoms with Crippen LogP contribution in [-0.2, 0) is 0 Å². The van der Waals surface area contributed by atoms with Gasteiger partial charge in [-0.15, -0.1) is 0 Å². The molecule has 21 heavy (non-hydrogen) atoms. The molecule has 0 aliphatic heterocycles. The number of benzene rings is 2. The van der Waals surface area contributed by atoms with Crippen molar-refractivity contribution in [3.8, 4) is 11.5 Å². The van der Waals surface area contributed by atoms with E-state index in [9.17, 15) is 4.79 Å². The van der Waals surface area contributed by atoms with Crippen LogP contribution in [-0.4, -0.2) is 20.1 Å². The molecule has 2 aromatic rings. The fourth-order valence-electron chi connectivity index (χ4n) is 1.76. The van der Waals surface area contributed by atoms with Crippen molar-refractivity contribution in [3.05, 3.63) is 51.5 Å². The fraction of sp³-hybridized carbons (Fsp3) is 0.133. The first-order valence-corrected chi connectivity index (χ1v) is 7.20. The number of amides is 1. The summed E-state index contributed by atoms with van der Waals surface area (Å²) in [5, 5.41) is 3.30. The number of halogens is 2. The Morgan fingerprint density at radius 3 is 2.52 bits per heavy atom. The second-order valence-corrected chi connectivity index (χ2v) is 5.41. The summed E-state index contributed by atoms with van der Waals surface area (Å²) in [5.74, 6) is 0.776. The lowest BCUT2D eigenvalue weighted by Gasteiger charge is -2.11. The van der Waals surface area contributed by atoms with Crippen molar-refractivity contribution >= 4 is 39.1 Å². The number of anilines is 1. The number of nitrogens with one attached hydrogen (secondary N) is 1. The molecule has 6 heteroatoms. The number of ether oxygens (including phenoxy) is 2. The average molecular weight is 371 g/mol. The van der Waals surface area contributed by atoms with Crippen molar-refractivity contribution < 1.29 is 14.3 Å². The second-order valence-electron chi connectivity index (χ2n) is 4.15. The van der Waals surface area contributed by atoms with Crippen molar-refractivity contribution in [3.63, 3.8) is 0 Å². The summed E-state index contributed by atoms with van der Waals surface area (Å²) < 4.78 is 11.1. The summed E-state index contributed by atoms with van der Waals surface area (Å²) in [6, 6.07) is 10.2. The Labute approximate surface area is 136 Å². The van der Waals surface area contributed by atoms with Gasteiger partial charge in [0.1, 0.15) is 11.5 Å². The van der Waals surface area contributed by atoms with Crippen LogP contribution < -0.4 is 14.8 Å².